The summed E-state index contributed by atoms with van der Waals surface area (Å²) in [6.07, 6.45) is 2.38. The number of aromatic nitrogens is 3. The fraction of sp³-hybridized carbons (Fsp3) is 0.400. The molecule has 2 heterocycles. The first-order valence-corrected chi connectivity index (χ1v) is 8.60. The highest BCUT2D eigenvalue weighted by Gasteiger charge is 2.27. The molecule has 114 valence electrons. The SMILES string of the molecule is O=C(Nc1cccc(-c2n[nH]c(C3CC3)n2)c1)C1CSCN1. The monoisotopic (exact) mass is 315 g/mol. The fourth-order valence-electron chi connectivity index (χ4n) is 2.47. The first-order chi connectivity index (χ1) is 10.8. The summed E-state index contributed by atoms with van der Waals surface area (Å²) >= 11 is 1.74. The number of thioether (sulfide) groups is 1. The van der Waals surface area contributed by atoms with Crippen LogP contribution < -0.4 is 10.6 Å². The molecule has 7 heteroatoms. The minimum Gasteiger partial charge on any atom is -0.325 e. The predicted octanol–water partition coefficient (Wildman–Crippen LogP) is 1.95. The zero-order valence-corrected chi connectivity index (χ0v) is 12.8. The molecule has 0 radical (unpaired) electrons. The predicted molar refractivity (Wildman–Crippen MR) is 86.7 cm³/mol. The largest absolute Gasteiger partial charge is 0.325 e. The number of aromatic amines is 1. The van der Waals surface area contributed by atoms with E-state index in [4.69, 9.17) is 0 Å². The Balaban J connectivity index is 1.50. The van der Waals surface area contributed by atoms with E-state index in [2.05, 4.69) is 25.8 Å². The molecule has 1 aliphatic carbocycles. The van der Waals surface area contributed by atoms with Crippen molar-refractivity contribution in [1.29, 1.82) is 0 Å². The van der Waals surface area contributed by atoms with Crippen LogP contribution >= 0.6 is 11.8 Å². The molecule has 6 nitrogen and oxygen atoms in total. The number of amides is 1. The number of hydrogen-bond acceptors (Lipinski definition) is 5. The topological polar surface area (TPSA) is 82.7 Å². The van der Waals surface area contributed by atoms with E-state index in [9.17, 15) is 4.79 Å². The van der Waals surface area contributed by atoms with Crippen LogP contribution in [0.3, 0.4) is 0 Å². The number of hydrogen-bond donors (Lipinski definition) is 3. The summed E-state index contributed by atoms with van der Waals surface area (Å²) in [7, 11) is 0. The molecule has 1 aromatic heterocycles. The molecule has 1 unspecified atom stereocenters. The second-order valence-electron chi connectivity index (χ2n) is 5.66. The summed E-state index contributed by atoms with van der Waals surface area (Å²) in [6.45, 7) is 0. The van der Waals surface area contributed by atoms with Crippen LogP contribution in [-0.4, -0.2) is 38.8 Å². The molecule has 0 bridgehead atoms. The second kappa shape index (κ2) is 5.73. The van der Waals surface area contributed by atoms with Gasteiger partial charge >= 0.3 is 0 Å². The molecule has 1 atom stereocenters. The molecule has 22 heavy (non-hydrogen) atoms. The van der Waals surface area contributed by atoms with E-state index in [0.29, 0.717) is 11.7 Å². The molecule has 1 aliphatic heterocycles. The summed E-state index contributed by atoms with van der Waals surface area (Å²) in [5.74, 6) is 3.87. The Bertz CT molecular complexity index is 691. The van der Waals surface area contributed by atoms with Gasteiger partial charge in [-0.1, -0.05) is 12.1 Å². The van der Waals surface area contributed by atoms with Crippen molar-refractivity contribution in [3.05, 3.63) is 30.1 Å². The summed E-state index contributed by atoms with van der Waals surface area (Å²) < 4.78 is 0. The molecule has 1 aromatic carbocycles. The lowest BCUT2D eigenvalue weighted by Gasteiger charge is -2.10. The maximum atomic E-state index is 12.1. The average Bonchev–Trinajstić information content (AvgIpc) is 3.06. The number of carbonyl (C=O) groups is 1. The number of anilines is 1. The van der Waals surface area contributed by atoms with Gasteiger partial charge in [0.2, 0.25) is 5.91 Å². The van der Waals surface area contributed by atoms with Crippen molar-refractivity contribution in [2.75, 3.05) is 16.9 Å². The molecule has 1 saturated heterocycles. The van der Waals surface area contributed by atoms with Gasteiger partial charge in [0.15, 0.2) is 5.82 Å². The lowest BCUT2D eigenvalue weighted by Crippen LogP contribution is -2.37. The van der Waals surface area contributed by atoms with Gasteiger partial charge in [-0.25, -0.2) is 4.98 Å². The van der Waals surface area contributed by atoms with Crippen molar-refractivity contribution < 1.29 is 4.79 Å². The molecule has 2 aliphatic rings. The number of nitrogens with zero attached hydrogens (tertiary/aromatic N) is 2. The Hall–Kier alpha value is -1.86. The number of carbonyl (C=O) groups excluding carboxylic acids is 1. The first-order valence-electron chi connectivity index (χ1n) is 7.44. The zero-order chi connectivity index (χ0) is 14.9. The number of rotatable bonds is 4. The van der Waals surface area contributed by atoms with Gasteiger partial charge < -0.3 is 5.32 Å². The van der Waals surface area contributed by atoms with E-state index in [1.54, 1.807) is 11.8 Å². The fourth-order valence-corrected chi connectivity index (χ4v) is 3.41. The third-order valence-corrected chi connectivity index (χ3v) is 4.83. The van der Waals surface area contributed by atoms with Crippen LogP contribution in [0.4, 0.5) is 5.69 Å². The molecule has 1 amide bonds. The third-order valence-electron chi connectivity index (χ3n) is 3.89. The maximum absolute atomic E-state index is 12.1. The van der Waals surface area contributed by atoms with Crippen LogP contribution in [0.15, 0.2) is 24.3 Å². The molecule has 3 N–H and O–H groups in total. The highest BCUT2D eigenvalue weighted by atomic mass is 32.2. The summed E-state index contributed by atoms with van der Waals surface area (Å²) in [6, 6.07) is 7.56. The van der Waals surface area contributed by atoms with E-state index < -0.39 is 0 Å². The van der Waals surface area contributed by atoms with Crippen molar-refractivity contribution in [2.45, 2.75) is 24.8 Å². The van der Waals surface area contributed by atoms with Gasteiger partial charge in [-0.15, -0.1) is 11.8 Å². The summed E-state index contributed by atoms with van der Waals surface area (Å²) in [4.78, 5) is 16.7. The number of benzene rings is 1. The minimum absolute atomic E-state index is 0.0100. The van der Waals surface area contributed by atoms with E-state index in [0.717, 1.165) is 28.7 Å². The molecule has 2 aromatic rings. The summed E-state index contributed by atoms with van der Waals surface area (Å²) in [5.41, 5.74) is 1.69. The van der Waals surface area contributed by atoms with Crippen molar-refractivity contribution >= 4 is 23.4 Å². The molecule has 1 saturated carbocycles. The van der Waals surface area contributed by atoms with Gasteiger partial charge in [0, 0.05) is 28.8 Å². The van der Waals surface area contributed by atoms with Gasteiger partial charge in [0.1, 0.15) is 5.82 Å². The van der Waals surface area contributed by atoms with Gasteiger partial charge in [0.25, 0.3) is 0 Å². The molecule has 2 fully saturated rings. The number of nitrogens with one attached hydrogen (secondary N) is 3. The van der Waals surface area contributed by atoms with Gasteiger partial charge in [0.05, 0.1) is 6.04 Å². The summed E-state index contributed by atoms with van der Waals surface area (Å²) in [5, 5.41) is 13.4. The van der Waals surface area contributed by atoms with E-state index >= 15 is 0 Å². The quantitative estimate of drug-likeness (QED) is 0.803. The third kappa shape index (κ3) is 2.86. The van der Waals surface area contributed by atoms with Crippen molar-refractivity contribution in [1.82, 2.24) is 20.5 Å². The minimum atomic E-state index is -0.112. The van der Waals surface area contributed by atoms with Crippen molar-refractivity contribution in [3.8, 4) is 11.4 Å². The Morgan fingerprint density at radius 3 is 3.05 bits per heavy atom. The highest BCUT2D eigenvalue weighted by molar-refractivity contribution is 7.99. The Morgan fingerprint density at radius 1 is 1.36 bits per heavy atom. The molecular weight excluding hydrogens is 298 g/mol. The normalized spacial score (nSPS) is 21.0. The van der Waals surface area contributed by atoms with Gasteiger partial charge in [-0.2, -0.15) is 5.10 Å². The second-order valence-corrected chi connectivity index (χ2v) is 6.69. The van der Waals surface area contributed by atoms with E-state index in [1.807, 2.05) is 24.3 Å². The van der Waals surface area contributed by atoms with Crippen molar-refractivity contribution in [3.63, 3.8) is 0 Å². The molecule has 4 rings (SSSR count). The van der Waals surface area contributed by atoms with Gasteiger partial charge in [-0.3, -0.25) is 15.2 Å². The average molecular weight is 315 g/mol. The van der Waals surface area contributed by atoms with Crippen LogP contribution in [0.25, 0.3) is 11.4 Å². The van der Waals surface area contributed by atoms with Gasteiger partial charge in [-0.05, 0) is 25.0 Å². The van der Waals surface area contributed by atoms with Crippen LogP contribution in [0.2, 0.25) is 0 Å². The van der Waals surface area contributed by atoms with E-state index in [1.165, 1.54) is 12.8 Å². The van der Waals surface area contributed by atoms with Crippen LogP contribution in [0.1, 0.15) is 24.6 Å². The van der Waals surface area contributed by atoms with Crippen LogP contribution in [-0.2, 0) is 4.79 Å². The Kier molecular flexibility index (Phi) is 3.59. The highest BCUT2D eigenvalue weighted by Crippen LogP contribution is 2.38. The lowest BCUT2D eigenvalue weighted by molar-refractivity contribution is -0.117. The Morgan fingerprint density at radius 2 is 2.27 bits per heavy atom. The van der Waals surface area contributed by atoms with E-state index in [-0.39, 0.29) is 11.9 Å². The standard InChI is InChI=1S/C15H17N5OS/c21-15(12-7-22-8-16-12)17-11-3-1-2-10(6-11)14-18-13(19-20-14)9-4-5-9/h1-3,6,9,12,16H,4-5,7-8H2,(H,17,21)(H,18,19,20). The molecule has 0 spiro atoms. The van der Waals surface area contributed by atoms with Crippen molar-refractivity contribution in [2.24, 2.45) is 0 Å². The van der Waals surface area contributed by atoms with Crippen LogP contribution in [0.5, 0.6) is 0 Å². The maximum Gasteiger partial charge on any atom is 0.242 e. The number of H-pyrrole nitrogens is 1. The first kappa shape index (κ1) is 13.8. The van der Waals surface area contributed by atoms with Crippen LogP contribution in [0, 0.1) is 0 Å². The zero-order valence-electron chi connectivity index (χ0n) is 12.0. The lowest BCUT2D eigenvalue weighted by atomic mass is 10.2. The smallest absolute Gasteiger partial charge is 0.242 e. The molecular formula is C15H17N5OS. The Labute approximate surface area is 132 Å².